The van der Waals surface area contributed by atoms with Crippen molar-refractivity contribution in [3.8, 4) is 5.75 Å². The van der Waals surface area contributed by atoms with E-state index in [-0.39, 0.29) is 16.9 Å². The lowest BCUT2D eigenvalue weighted by Gasteiger charge is -2.22. The third-order valence-electron chi connectivity index (χ3n) is 8.90. The molecule has 2 nitrogen and oxygen atoms in total. The molecule has 43 heavy (non-hydrogen) atoms. The van der Waals surface area contributed by atoms with Crippen molar-refractivity contribution in [1.29, 1.82) is 0 Å². The van der Waals surface area contributed by atoms with E-state index in [0.29, 0.717) is 23.1 Å². The summed E-state index contributed by atoms with van der Waals surface area (Å²) < 4.78 is 8.76. The molecule has 0 saturated heterocycles. The normalized spacial score (nSPS) is 16.4. The zero-order valence-corrected chi connectivity index (χ0v) is 31.5. The van der Waals surface area contributed by atoms with Crippen LogP contribution in [0, 0.1) is 10.7 Å². The summed E-state index contributed by atoms with van der Waals surface area (Å²) in [6, 6.07) is 31.1. The Morgan fingerprint density at radius 2 is 0.977 bits per heavy atom. The first-order valence-corrected chi connectivity index (χ1v) is 19.8. The van der Waals surface area contributed by atoms with Crippen LogP contribution in [0.1, 0.15) is 97.5 Å². The van der Waals surface area contributed by atoms with Gasteiger partial charge in [0.1, 0.15) is 5.75 Å². The van der Waals surface area contributed by atoms with Crippen LogP contribution in [0.5, 0.6) is 5.75 Å². The van der Waals surface area contributed by atoms with Gasteiger partial charge >= 0.3 is 5.97 Å². The van der Waals surface area contributed by atoms with Gasteiger partial charge in [0.05, 0.1) is 16.5 Å². The lowest BCUT2D eigenvalue weighted by molar-refractivity contribution is 0.0732. The first kappa shape index (κ1) is 31.9. The molecule has 0 amide bonds. The second kappa shape index (κ2) is 15.0. The summed E-state index contributed by atoms with van der Waals surface area (Å²) in [7, 11) is -0.252. The van der Waals surface area contributed by atoms with E-state index in [0.717, 1.165) is 10.7 Å². The molecule has 0 aliphatic heterocycles. The summed E-state index contributed by atoms with van der Waals surface area (Å²) in [6.45, 7) is 0. The van der Waals surface area contributed by atoms with Gasteiger partial charge in [-0.05, 0) is 177 Å². The van der Waals surface area contributed by atoms with E-state index in [2.05, 4.69) is 128 Å². The van der Waals surface area contributed by atoms with Crippen molar-refractivity contribution in [3.63, 3.8) is 0 Å². The van der Waals surface area contributed by atoms with Gasteiger partial charge in [-0.25, -0.2) is 4.79 Å². The zero-order chi connectivity index (χ0) is 29.8. The van der Waals surface area contributed by atoms with Crippen LogP contribution in [-0.2, 0) is 10.9 Å². The molecule has 0 radical (unpaired) electrons. The van der Waals surface area contributed by atoms with Crippen molar-refractivity contribution in [2.45, 2.75) is 90.7 Å². The number of hydrogen-bond acceptors (Lipinski definition) is 2. The molecule has 2 aliphatic carbocycles. The van der Waals surface area contributed by atoms with E-state index >= 15 is 0 Å². The Morgan fingerprint density at radius 1 is 0.558 bits per heavy atom. The van der Waals surface area contributed by atoms with Crippen LogP contribution in [0.3, 0.4) is 0 Å². The number of ether oxygens (including phenoxy) is 1. The maximum Gasteiger partial charge on any atom is 0.345 e. The van der Waals surface area contributed by atoms with E-state index in [1.54, 1.807) is 0 Å². The van der Waals surface area contributed by atoms with Gasteiger partial charge in [-0.3, -0.25) is 0 Å². The van der Waals surface area contributed by atoms with Gasteiger partial charge in [-0.1, -0.05) is 62.8 Å². The first-order valence-electron chi connectivity index (χ1n) is 15.4. The Hall–Kier alpha value is -1.11. The van der Waals surface area contributed by atoms with E-state index in [1.807, 2.05) is 24.3 Å². The Labute approximate surface area is 299 Å². The molecule has 6 rings (SSSR count). The Balaban J connectivity index is 1.28. The third kappa shape index (κ3) is 7.65. The number of carbonyl (C=O) groups excluding carboxylic acids is 1. The van der Waals surface area contributed by atoms with Crippen molar-refractivity contribution < 1.29 is 9.53 Å². The SMILES string of the molecule is O=C(Oc1ccc([S+](c2ccc(C3CCCCC3)cc2)c2ccc(C3CCCCC3)cc2)cc1)c1c(I)ccc(I)c1I. The summed E-state index contributed by atoms with van der Waals surface area (Å²) in [5, 5.41) is 0. The maximum atomic E-state index is 13.2. The summed E-state index contributed by atoms with van der Waals surface area (Å²) in [5.41, 5.74) is 3.61. The highest BCUT2D eigenvalue weighted by atomic mass is 127. The fraction of sp³-hybridized carbons (Fsp3) is 0.324. The van der Waals surface area contributed by atoms with Crippen LogP contribution < -0.4 is 4.74 Å². The van der Waals surface area contributed by atoms with Crippen molar-refractivity contribution >= 4 is 84.6 Å². The molecule has 0 atom stereocenters. The molecule has 4 aromatic rings. The van der Waals surface area contributed by atoms with Crippen molar-refractivity contribution in [2.75, 3.05) is 0 Å². The molecule has 6 heteroatoms. The number of carbonyl (C=O) groups is 1. The number of esters is 1. The summed E-state index contributed by atoms with van der Waals surface area (Å²) in [4.78, 5) is 17.1. The van der Waals surface area contributed by atoms with Gasteiger partial charge < -0.3 is 4.74 Å². The van der Waals surface area contributed by atoms with Crippen molar-refractivity contribution in [1.82, 2.24) is 0 Å². The van der Waals surface area contributed by atoms with Crippen LogP contribution in [0.25, 0.3) is 0 Å². The van der Waals surface area contributed by atoms with E-state index in [1.165, 1.54) is 90.0 Å². The minimum atomic E-state index is -0.310. The molecule has 0 N–H and O–H groups in total. The molecule has 0 unspecified atom stereocenters. The van der Waals surface area contributed by atoms with Gasteiger partial charge in [-0.15, -0.1) is 0 Å². The van der Waals surface area contributed by atoms with Gasteiger partial charge in [0.15, 0.2) is 14.7 Å². The highest BCUT2D eigenvalue weighted by molar-refractivity contribution is 14.1. The fourth-order valence-corrected chi connectivity index (χ4v) is 10.9. The van der Waals surface area contributed by atoms with Gasteiger partial charge in [0, 0.05) is 10.7 Å². The minimum Gasteiger partial charge on any atom is -0.423 e. The Kier molecular flexibility index (Phi) is 11.1. The van der Waals surface area contributed by atoms with Gasteiger partial charge in [0.25, 0.3) is 0 Å². The molecule has 4 aromatic carbocycles. The quantitative estimate of drug-likeness (QED) is 0.0607. The van der Waals surface area contributed by atoms with Crippen LogP contribution in [0.4, 0.5) is 0 Å². The topological polar surface area (TPSA) is 26.3 Å². The van der Waals surface area contributed by atoms with E-state index in [4.69, 9.17) is 4.74 Å². The fourth-order valence-electron chi connectivity index (χ4n) is 6.55. The molecule has 0 spiro atoms. The average Bonchev–Trinajstić information content (AvgIpc) is 3.05. The summed E-state index contributed by atoms with van der Waals surface area (Å²) in [5.74, 6) is 1.67. The highest BCUT2D eigenvalue weighted by Crippen LogP contribution is 2.38. The Morgan fingerprint density at radius 3 is 1.44 bits per heavy atom. The molecule has 222 valence electrons. The highest BCUT2D eigenvalue weighted by Gasteiger charge is 2.30. The molecule has 2 aliphatic rings. The third-order valence-corrected chi connectivity index (χ3v) is 15.1. The lowest BCUT2D eigenvalue weighted by Crippen LogP contribution is -2.13. The van der Waals surface area contributed by atoms with E-state index < -0.39 is 0 Å². The molecule has 0 aromatic heterocycles. The number of benzene rings is 4. The molecule has 0 bridgehead atoms. The van der Waals surface area contributed by atoms with Crippen molar-refractivity contribution in [3.05, 3.63) is 112 Å². The van der Waals surface area contributed by atoms with Crippen LogP contribution in [0.15, 0.2) is 99.6 Å². The molecular formula is C37H36I3O2S+. The second-order valence-corrected chi connectivity index (χ2v) is 17.1. The maximum absolute atomic E-state index is 13.2. The Bertz CT molecular complexity index is 1480. The van der Waals surface area contributed by atoms with Gasteiger partial charge in [0.2, 0.25) is 0 Å². The monoisotopic (exact) mass is 925 g/mol. The zero-order valence-electron chi connectivity index (χ0n) is 24.2. The van der Waals surface area contributed by atoms with Crippen LogP contribution in [-0.4, -0.2) is 5.97 Å². The van der Waals surface area contributed by atoms with Crippen molar-refractivity contribution in [2.24, 2.45) is 0 Å². The second-order valence-electron chi connectivity index (χ2n) is 11.7. The summed E-state index contributed by atoms with van der Waals surface area (Å²) in [6.07, 6.45) is 13.4. The molecule has 2 fully saturated rings. The smallest absolute Gasteiger partial charge is 0.345 e. The standard InChI is InChI=1S/C37H36I3O2S/c38-33-23-24-34(39)36(40)35(33)37(41)42-29-15-21-32(22-16-29)43(30-17-11-27(12-18-30)25-7-3-1-4-8-25)31-19-13-28(14-20-31)26-9-5-2-6-10-26/h11-26H,1-10H2/q+1. The number of halogens is 3. The predicted octanol–water partition coefficient (Wildman–Crippen LogP) is 11.9. The summed E-state index contributed by atoms with van der Waals surface area (Å²) >= 11 is 6.71. The lowest BCUT2D eigenvalue weighted by atomic mass is 9.84. The van der Waals surface area contributed by atoms with Gasteiger partial charge in [-0.2, -0.15) is 0 Å². The predicted molar refractivity (Wildman–Crippen MR) is 203 cm³/mol. The van der Waals surface area contributed by atoms with E-state index in [9.17, 15) is 4.79 Å². The molecule has 2 saturated carbocycles. The average molecular weight is 925 g/mol. The number of hydrogen-bond donors (Lipinski definition) is 0. The largest absolute Gasteiger partial charge is 0.423 e. The number of rotatable bonds is 7. The van der Waals surface area contributed by atoms with Crippen LogP contribution in [0.2, 0.25) is 0 Å². The molecular weight excluding hydrogens is 889 g/mol. The molecule has 0 heterocycles. The van der Waals surface area contributed by atoms with Crippen LogP contribution >= 0.6 is 67.8 Å². The minimum absolute atomic E-state index is 0.252. The first-order chi connectivity index (χ1) is 21.0.